The van der Waals surface area contributed by atoms with Crippen molar-refractivity contribution in [1.29, 1.82) is 0 Å². The van der Waals surface area contributed by atoms with Crippen molar-refractivity contribution in [3.63, 3.8) is 0 Å². The summed E-state index contributed by atoms with van der Waals surface area (Å²) in [6, 6.07) is 18.9. The van der Waals surface area contributed by atoms with Gasteiger partial charge in [-0.05, 0) is 35.6 Å². The second-order valence-corrected chi connectivity index (χ2v) is 8.67. The van der Waals surface area contributed by atoms with E-state index in [0.29, 0.717) is 31.5 Å². The zero-order valence-corrected chi connectivity index (χ0v) is 18.9. The number of allylic oxidation sites excluding steroid dienone is 2. The van der Waals surface area contributed by atoms with Crippen molar-refractivity contribution in [2.24, 2.45) is 0 Å². The van der Waals surface area contributed by atoms with E-state index in [1.54, 1.807) is 11.0 Å². The highest BCUT2D eigenvalue weighted by atomic mass is 19.2. The Balaban J connectivity index is 1.41. The van der Waals surface area contributed by atoms with Crippen LogP contribution in [0.4, 0.5) is 13.6 Å². The normalized spacial score (nSPS) is 19.6. The Hall–Kier alpha value is -3.48. The van der Waals surface area contributed by atoms with Gasteiger partial charge < -0.3 is 15.0 Å². The molecule has 0 bridgehead atoms. The number of carbonyl (C=O) groups excluding carboxylic acids is 2. The predicted octanol–water partition coefficient (Wildman–Crippen LogP) is 4.99. The van der Waals surface area contributed by atoms with Crippen molar-refractivity contribution in [1.82, 2.24) is 10.2 Å². The van der Waals surface area contributed by atoms with Gasteiger partial charge in [0.2, 0.25) is 5.91 Å². The molecule has 34 heavy (non-hydrogen) atoms. The van der Waals surface area contributed by atoms with Crippen molar-refractivity contribution in [3.05, 3.63) is 95.3 Å². The Bertz CT molecular complexity index is 1060. The average Bonchev–Trinajstić information content (AvgIpc) is 2.89. The molecule has 5 nitrogen and oxygen atoms in total. The van der Waals surface area contributed by atoms with Gasteiger partial charge in [-0.25, -0.2) is 13.6 Å². The number of hydrogen-bond acceptors (Lipinski definition) is 3. The third-order valence-electron chi connectivity index (χ3n) is 6.50. The molecule has 2 aliphatic rings. The molecule has 1 N–H and O–H groups in total. The predicted molar refractivity (Wildman–Crippen MR) is 125 cm³/mol. The Morgan fingerprint density at radius 3 is 2.32 bits per heavy atom. The molecule has 0 spiro atoms. The van der Waals surface area contributed by atoms with Gasteiger partial charge in [-0.15, -0.1) is 0 Å². The molecule has 0 radical (unpaired) electrons. The van der Waals surface area contributed by atoms with Crippen LogP contribution >= 0.6 is 0 Å². The Morgan fingerprint density at radius 2 is 1.68 bits per heavy atom. The molecule has 0 saturated carbocycles. The number of amides is 2. The second-order valence-electron chi connectivity index (χ2n) is 8.67. The molecule has 1 saturated heterocycles. The van der Waals surface area contributed by atoms with Gasteiger partial charge in [0, 0.05) is 26.1 Å². The number of nitrogens with one attached hydrogen (secondary N) is 1. The number of carbonyl (C=O) groups is 2. The summed E-state index contributed by atoms with van der Waals surface area (Å²) >= 11 is 0. The quantitative estimate of drug-likeness (QED) is 0.652. The van der Waals surface area contributed by atoms with Crippen molar-refractivity contribution < 1.29 is 23.1 Å². The second kappa shape index (κ2) is 10.6. The monoisotopic (exact) mass is 466 g/mol. The molecule has 1 aliphatic heterocycles. The van der Waals surface area contributed by atoms with Gasteiger partial charge in [-0.3, -0.25) is 4.79 Å². The number of ether oxygens (including phenoxy) is 1. The SMILES string of the molecule is O=C(OCc1ccccc1)N1CCC(C(=O)NCC2=CCC(F)C(F)=C2)(c2ccccc2)CC1. The summed E-state index contributed by atoms with van der Waals surface area (Å²) in [5.74, 6) is -1.00. The van der Waals surface area contributed by atoms with Gasteiger partial charge in [0.05, 0.1) is 5.41 Å². The third kappa shape index (κ3) is 5.35. The van der Waals surface area contributed by atoms with Gasteiger partial charge >= 0.3 is 6.09 Å². The van der Waals surface area contributed by atoms with E-state index in [2.05, 4.69) is 5.32 Å². The highest BCUT2D eigenvalue weighted by molar-refractivity contribution is 5.89. The molecule has 0 aromatic heterocycles. The van der Waals surface area contributed by atoms with E-state index < -0.39 is 23.5 Å². The Labute approximate surface area is 198 Å². The zero-order valence-electron chi connectivity index (χ0n) is 18.9. The van der Waals surface area contributed by atoms with Crippen LogP contribution in [0.25, 0.3) is 0 Å². The fourth-order valence-electron chi connectivity index (χ4n) is 4.45. The molecule has 1 unspecified atom stereocenters. The summed E-state index contributed by atoms with van der Waals surface area (Å²) in [6.45, 7) is 1.06. The number of halogens is 2. The zero-order chi connectivity index (χ0) is 24.0. The summed E-state index contributed by atoms with van der Waals surface area (Å²) in [5.41, 5.74) is 1.50. The van der Waals surface area contributed by atoms with Crippen molar-refractivity contribution in [3.8, 4) is 0 Å². The first kappa shape index (κ1) is 23.7. The van der Waals surface area contributed by atoms with Crippen LogP contribution in [0.1, 0.15) is 30.4 Å². The lowest BCUT2D eigenvalue weighted by molar-refractivity contribution is -0.128. The number of benzene rings is 2. The highest BCUT2D eigenvalue weighted by Crippen LogP contribution is 2.36. The molecular weight excluding hydrogens is 438 g/mol. The van der Waals surface area contributed by atoms with Crippen LogP contribution in [0.2, 0.25) is 0 Å². The maximum Gasteiger partial charge on any atom is 0.410 e. The first-order valence-electron chi connectivity index (χ1n) is 11.5. The average molecular weight is 467 g/mol. The summed E-state index contributed by atoms with van der Waals surface area (Å²) in [4.78, 5) is 27.7. The molecule has 2 aromatic rings. The standard InChI is InChI=1S/C27H28F2N2O3/c28-23-12-11-21(17-24(23)29)18-30-25(32)27(22-9-5-2-6-10-22)13-15-31(16-14-27)26(33)34-19-20-7-3-1-4-8-20/h1-11,17,23H,12-16,18-19H2,(H,30,32). The van der Waals surface area contributed by atoms with E-state index in [9.17, 15) is 18.4 Å². The van der Waals surface area contributed by atoms with Crippen LogP contribution in [0.15, 0.2) is 84.2 Å². The lowest BCUT2D eigenvalue weighted by Gasteiger charge is -2.40. The minimum Gasteiger partial charge on any atom is -0.445 e. The maximum atomic E-state index is 13.6. The van der Waals surface area contributed by atoms with E-state index in [1.807, 2.05) is 60.7 Å². The van der Waals surface area contributed by atoms with Crippen LogP contribution < -0.4 is 5.32 Å². The van der Waals surface area contributed by atoms with Crippen LogP contribution in [0.5, 0.6) is 0 Å². The molecule has 1 fully saturated rings. The first-order valence-corrected chi connectivity index (χ1v) is 11.5. The van der Waals surface area contributed by atoms with Gasteiger partial charge in [0.25, 0.3) is 0 Å². The highest BCUT2D eigenvalue weighted by Gasteiger charge is 2.43. The molecule has 7 heteroatoms. The molecule has 4 rings (SSSR count). The number of piperidine rings is 1. The van der Waals surface area contributed by atoms with Crippen molar-refractivity contribution in [2.75, 3.05) is 19.6 Å². The Morgan fingerprint density at radius 1 is 1.03 bits per heavy atom. The molecule has 1 heterocycles. The number of rotatable bonds is 6. The van der Waals surface area contributed by atoms with Crippen LogP contribution in [0.3, 0.4) is 0 Å². The van der Waals surface area contributed by atoms with E-state index in [4.69, 9.17) is 4.74 Å². The van der Waals surface area contributed by atoms with Crippen molar-refractivity contribution >= 4 is 12.0 Å². The van der Waals surface area contributed by atoms with E-state index in [0.717, 1.165) is 17.2 Å². The Kier molecular flexibility index (Phi) is 7.40. The molecule has 1 aliphatic carbocycles. The first-order chi connectivity index (χ1) is 16.5. The largest absolute Gasteiger partial charge is 0.445 e. The van der Waals surface area contributed by atoms with Gasteiger partial charge in [0.15, 0.2) is 6.17 Å². The number of nitrogens with zero attached hydrogens (tertiary/aromatic N) is 1. The smallest absolute Gasteiger partial charge is 0.410 e. The lowest BCUT2D eigenvalue weighted by Crippen LogP contribution is -2.53. The summed E-state index contributed by atoms with van der Waals surface area (Å²) in [5, 5.41) is 2.91. The van der Waals surface area contributed by atoms with Gasteiger partial charge in [0.1, 0.15) is 12.4 Å². The molecule has 1 atom stereocenters. The van der Waals surface area contributed by atoms with Crippen molar-refractivity contribution in [2.45, 2.75) is 37.5 Å². The van der Waals surface area contributed by atoms with Gasteiger partial charge in [-0.1, -0.05) is 66.7 Å². The molecule has 2 amide bonds. The van der Waals surface area contributed by atoms with E-state index >= 15 is 0 Å². The minimum absolute atomic E-state index is 0.0303. The minimum atomic E-state index is -1.61. The molecular formula is C27H28F2N2O3. The fraction of sp³-hybridized carbons (Fsp3) is 0.333. The lowest BCUT2D eigenvalue weighted by atomic mass is 9.72. The summed E-state index contributed by atoms with van der Waals surface area (Å²) < 4.78 is 32.4. The number of alkyl halides is 1. The van der Waals surface area contributed by atoms with E-state index in [-0.39, 0.29) is 25.5 Å². The molecule has 178 valence electrons. The summed E-state index contributed by atoms with van der Waals surface area (Å²) in [7, 11) is 0. The number of likely N-dealkylation sites (tertiary alicyclic amines) is 1. The van der Waals surface area contributed by atoms with Crippen LogP contribution in [0, 0.1) is 0 Å². The third-order valence-corrected chi connectivity index (χ3v) is 6.50. The van der Waals surface area contributed by atoms with Crippen LogP contribution in [-0.2, 0) is 21.6 Å². The number of hydrogen-bond donors (Lipinski definition) is 1. The van der Waals surface area contributed by atoms with E-state index in [1.165, 1.54) is 0 Å². The van der Waals surface area contributed by atoms with Crippen LogP contribution in [-0.4, -0.2) is 42.7 Å². The maximum absolute atomic E-state index is 13.6. The summed E-state index contributed by atoms with van der Waals surface area (Å²) in [6.07, 6.45) is 1.57. The topological polar surface area (TPSA) is 58.6 Å². The molecule has 2 aromatic carbocycles. The van der Waals surface area contributed by atoms with Gasteiger partial charge in [-0.2, -0.15) is 0 Å². The fourth-order valence-corrected chi connectivity index (χ4v) is 4.45.